The van der Waals surface area contributed by atoms with Crippen LogP contribution < -0.4 is 5.32 Å². The van der Waals surface area contributed by atoms with Crippen molar-refractivity contribution in [1.29, 1.82) is 0 Å². The predicted octanol–water partition coefficient (Wildman–Crippen LogP) is 2.46. The molecule has 2 unspecified atom stereocenters. The lowest BCUT2D eigenvalue weighted by Crippen LogP contribution is -2.49. The number of carbonyl (C=O) groups excluding carboxylic acids is 1. The Morgan fingerprint density at radius 2 is 1.75 bits per heavy atom. The SMILES string of the molecule is CC1CCCC(C)N1CCN(CCC(=O)N1CCNCC1)S(=O)(=O)c1cccs1.O=C(O)C(F)(F)F. The summed E-state index contributed by atoms with van der Waals surface area (Å²) in [6.07, 6.45) is -1.31. The first kappa shape index (κ1) is 30.5. The molecule has 1 amide bonds. The summed E-state index contributed by atoms with van der Waals surface area (Å²) in [6, 6.07) is 4.34. The Morgan fingerprint density at radius 3 is 2.25 bits per heavy atom. The molecule has 2 fully saturated rings. The number of hydrogen-bond donors (Lipinski definition) is 2. The van der Waals surface area contributed by atoms with Gasteiger partial charge in [0.1, 0.15) is 4.21 Å². The Bertz CT molecular complexity index is 928. The van der Waals surface area contributed by atoms with E-state index in [2.05, 4.69) is 24.1 Å². The van der Waals surface area contributed by atoms with Gasteiger partial charge >= 0.3 is 12.1 Å². The van der Waals surface area contributed by atoms with Gasteiger partial charge in [-0.15, -0.1) is 11.3 Å². The van der Waals surface area contributed by atoms with Gasteiger partial charge in [0.15, 0.2) is 0 Å². The van der Waals surface area contributed by atoms with Gasteiger partial charge in [0.05, 0.1) is 0 Å². The summed E-state index contributed by atoms with van der Waals surface area (Å²) in [5.41, 5.74) is 0. The maximum absolute atomic E-state index is 13.2. The normalized spacial score (nSPS) is 21.7. The van der Waals surface area contributed by atoms with Gasteiger partial charge in [0, 0.05) is 64.3 Å². The van der Waals surface area contributed by atoms with Gasteiger partial charge in [-0.1, -0.05) is 12.5 Å². The second kappa shape index (κ2) is 13.7. The number of amides is 1. The van der Waals surface area contributed by atoms with Crippen LogP contribution in [0.5, 0.6) is 0 Å². The average molecular weight is 557 g/mol. The van der Waals surface area contributed by atoms with Crippen LogP contribution in [0.15, 0.2) is 21.7 Å². The minimum Gasteiger partial charge on any atom is -0.475 e. The molecule has 2 atom stereocenters. The first-order valence-electron chi connectivity index (χ1n) is 11.9. The molecule has 1 aromatic rings. The van der Waals surface area contributed by atoms with Crippen molar-refractivity contribution in [3.8, 4) is 0 Å². The van der Waals surface area contributed by atoms with Crippen LogP contribution >= 0.6 is 11.3 Å². The van der Waals surface area contributed by atoms with E-state index in [-0.39, 0.29) is 18.9 Å². The number of rotatable bonds is 8. The minimum atomic E-state index is -5.08. The van der Waals surface area contributed by atoms with Crippen molar-refractivity contribution in [2.24, 2.45) is 0 Å². The summed E-state index contributed by atoms with van der Waals surface area (Å²) < 4.78 is 60.0. The van der Waals surface area contributed by atoms with Crippen molar-refractivity contribution in [1.82, 2.24) is 19.4 Å². The van der Waals surface area contributed by atoms with Crippen LogP contribution in [0, 0.1) is 0 Å². The van der Waals surface area contributed by atoms with Crippen LogP contribution in [0.2, 0.25) is 0 Å². The molecule has 14 heteroatoms. The number of alkyl halides is 3. The quantitative estimate of drug-likeness (QED) is 0.506. The standard InChI is InChI=1S/C20H34N4O3S2.C2HF3O2/c1-17-5-3-6-18(2)24(17)15-14-23(29(26,27)20-7-4-16-28-20)11-8-19(25)22-12-9-21-10-13-22;3-2(4,5)1(6)7/h4,7,16-18,21H,3,5-6,8-15H2,1-2H3;(H,6,7). The Labute approximate surface area is 214 Å². The number of nitrogens with zero attached hydrogens (tertiary/aromatic N) is 3. The number of sulfonamides is 1. The molecular weight excluding hydrogens is 521 g/mol. The Morgan fingerprint density at radius 1 is 1.17 bits per heavy atom. The third-order valence-electron chi connectivity index (χ3n) is 6.36. The molecular formula is C22H35F3N4O5S2. The molecule has 0 radical (unpaired) electrons. The highest BCUT2D eigenvalue weighted by Crippen LogP contribution is 2.24. The van der Waals surface area contributed by atoms with Gasteiger partial charge in [-0.2, -0.15) is 17.5 Å². The van der Waals surface area contributed by atoms with Crippen molar-refractivity contribution >= 4 is 33.2 Å². The van der Waals surface area contributed by atoms with Gasteiger partial charge in [-0.25, -0.2) is 13.2 Å². The van der Waals surface area contributed by atoms with Crippen LogP contribution in [-0.2, 0) is 19.6 Å². The zero-order chi connectivity index (χ0) is 26.9. The van der Waals surface area contributed by atoms with Crippen molar-refractivity contribution in [3.05, 3.63) is 17.5 Å². The molecule has 9 nitrogen and oxygen atoms in total. The molecule has 0 bridgehead atoms. The number of nitrogens with one attached hydrogen (secondary N) is 1. The number of aliphatic carboxylic acids is 1. The average Bonchev–Trinajstić information content (AvgIpc) is 3.36. The molecule has 1 aromatic heterocycles. The topological polar surface area (TPSA) is 110 Å². The minimum absolute atomic E-state index is 0.0394. The van der Waals surface area contributed by atoms with Crippen LogP contribution in [-0.4, -0.2) is 104 Å². The molecule has 36 heavy (non-hydrogen) atoms. The highest BCUT2D eigenvalue weighted by atomic mass is 32.2. The number of carboxylic acids is 1. The van der Waals surface area contributed by atoms with E-state index in [1.807, 2.05) is 4.90 Å². The van der Waals surface area contributed by atoms with Crippen molar-refractivity contribution in [2.75, 3.05) is 45.8 Å². The molecule has 0 saturated carbocycles. The monoisotopic (exact) mass is 556 g/mol. The van der Waals surface area contributed by atoms with Gasteiger partial charge < -0.3 is 15.3 Å². The van der Waals surface area contributed by atoms with Crippen LogP contribution in [0.4, 0.5) is 13.2 Å². The molecule has 2 N–H and O–H groups in total. The number of thiophene rings is 1. The summed E-state index contributed by atoms with van der Waals surface area (Å²) >= 11 is 1.24. The van der Waals surface area contributed by atoms with Gasteiger partial charge in [0.2, 0.25) is 5.91 Å². The van der Waals surface area contributed by atoms with E-state index >= 15 is 0 Å². The molecule has 0 aliphatic carbocycles. The number of likely N-dealkylation sites (tertiary alicyclic amines) is 1. The molecule has 3 rings (SSSR count). The molecule has 0 aromatic carbocycles. The molecule has 206 valence electrons. The van der Waals surface area contributed by atoms with Crippen molar-refractivity contribution in [3.63, 3.8) is 0 Å². The van der Waals surface area contributed by atoms with Crippen molar-refractivity contribution in [2.45, 2.75) is 62.0 Å². The highest BCUT2D eigenvalue weighted by molar-refractivity contribution is 7.91. The maximum atomic E-state index is 13.2. The predicted molar refractivity (Wildman–Crippen MR) is 130 cm³/mol. The van der Waals surface area contributed by atoms with E-state index in [0.29, 0.717) is 42.5 Å². The van der Waals surface area contributed by atoms with E-state index in [1.165, 1.54) is 22.1 Å². The molecule has 2 aliphatic rings. The van der Waals surface area contributed by atoms with E-state index in [0.717, 1.165) is 25.9 Å². The summed E-state index contributed by atoms with van der Waals surface area (Å²) in [4.78, 5) is 25.7. The van der Waals surface area contributed by atoms with E-state index in [1.54, 1.807) is 17.5 Å². The number of halogens is 3. The van der Waals surface area contributed by atoms with Crippen molar-refractivity contribution < 1.29 is 36.3 Å². The highest BCUT2D eigenvalue weighted by Gasteiger charge is 2.38. The van der Waals surface area contributed by atoms with Crippen LogP contribution in [0.1, 0.15) is 39.5 Å². The van der Waals surface area contributed by atoms with Gasteiger partial charge in [-0.05, 0) is 38.1 Å². The summed E-state index contributed by atoms with van der Waals surface area (Å²) in [5, 5.41) is 12.1. The number of piperazine rings is 1. The van der Waals surface area contributed by atoms with E-state index < -0.39 is 22.2 Å². The molecule has 0 spiro atoms. The first-order valence-corrected chi connectivity index (χ1v) is 14.2. The maximum Gasteiger partial charge on any atom is 0.490 e. The molecule has 2 aliphatic heterocycles. The fraction of sp³-hybridized carbons (Fsp3) is 0.727. The number of carboxylic acid groups (broad SMARTS) is 1. The fourth-order valence-corrected chi connectivity index (χ4v) is 6.90. The van der Waals surface area contributed by atoms with E-state index in [4.69, 9.17) is 9.90 Å². The third kappa shape index (κ3) is 8.98. The van der Waals surface area contributed by atoms with Gasteiger partial charge in [-0.3, -0.25) is 9.69 Å². The number of piperidine rings is 1. The Hall–Kier alpha value is -1.74. The fourth-order valence-electron chi connectivity index (χ4n) is 4.32. The lowest BCUT2D eigenvalue weighted by Gasteiger charge is -2.40. The second-order valence-corrected chi connectivity index (χ2v) is 12.0. The molecule has 2 saturated heterocycles. The zero-order valence-electron chi connectivity index (χ0n) is 20.5. The largest absolute Gasteiger partial charge is 0.490 e. The van der Waals surface area contributed by atoms with E-state index in [9.17, 15) is 26.4 Å². The van der Waals surface area contributed by atoms with Crippen LogP contribution in [0.3, 0.4) is 0 Å². The second-order valence-electron chi connectivity index (χ2n) is 8.89. The third-order valence-corrected chi connectivity index (χ3v) is 9.63. The summed E-state index contributed by atoms with van der Waals surface area (Å²) in [7, 11) is -3.58. The number of carbonyl (C=O) groups is 2. The zero-order valence-corrected chi connectivity index (χ0v) is 22.2. The van der Waals surface area contributed by atoms with Crippen LogP contribution in [0.25, 0.3) is 0 Å². The molecule has 3 heterocycles. The Kier molecular flexibility index (Phi) is 11.6. The first-order chi connectivity index (χ1) is 16.8. The lowest BCUT2D eigenvalue weighted by molar-refractivity contribution is -0.192. The summed E-state index contributed by atoms with van der Waals surface area (Å²) in [5.74, 6) is -2.72. The summed E-state index contributed by atoms with van der Waals surface area (Å²) in [6.45, 7) is 8.79. The Balaban J connectivity index is 0.000000572. The lowest BCUT2D eigenvalue weighted by atomic mass is 9.98. The van der Waals surface area contributed by atoms with Gasteiger partial charge in [0.25, 0.3) is 10.0 Å². The smallest absolute Gasteiger partial charge is 0.475 e. The number of hydrogen-bond acceptors (Lipinski definition) is 7.